The van der Waals surface area contributed by atoms with E-state index in [1.807, 2.05) is 13.8 Å². The second-order valence-electron chi connectivity index (χ2n) is 4.69. The third-order valence-corrected chi connectivity index (χ3v) is 3.69. The monoisotopic (exact) mass is 299 g/mol. The molecule has 0 aliphatic heterocycles. The average molecular weight is 299 g/mol. The van der Waals surface area contributed by atoms with E-state index < -0.39 is 0 Å². The van der Waals surface area contributed by atoms with Crippen molar-refractivity contribution < 1.29 is 13.9 Å². The average Bonchev–Trinajstić information content (AvgIpc) is 2.39. The Morgan fingerprint density at radius 2 is 2.10 bits per heavy atom. The van der Waals surface area contributed by atoms with E-state index in [9.17, 15) is 9.18 Å². The summed E-state index contributed by atoms with van der Waals surface area (Å²) >= 11 is 1.42. The first-order chi connectivity index (χ1) is 9.54. The van der Waals surface area contributed by atoms with Crippen LogP contribution >= 0.6 is 11.8 Å². The first-order valence-electron chi connectivity index (χ1n) is 6.84. The molecule has 0 saturated carbocycles. The van der Waals surface area contributed by atoms with E-state index in [4.69, 9.17) is 4.74 Å². The molecule has 0 amide bonds. The van der Waals surface area contributed by atoms with Gasteiger partial charge in [-0.3, -0.25) is 4.79 Å². The number of hydrogen-bond acceptors (Lipinski definition) is 4. The van der Waals surface area contributed by atoms with Crippen LogP contribution in [0.15, 0.2) is 29.2 Å². The van der Waals surface area contributed by atoms with Crippen molar-refractivity contribution in [1.29, 1.82) is 0 Å². The summed E-state index contributed by atoms with van der Waals surface area (Å²) in [5, 5.41) is 3.18. The Morgan fingerprint density at radius 3 is 2.70 bits per heavy atom. The van der Waals surface area contributed by atoms with Crippen LogP contribution in [0.3, 0.4) is 0 Å². The number of hydrogen-bond donors (Lipinski definition) is 1. The third kappa shape index (κ3) is 5.92. The molecule has 3 nitrogen and oxygen atoms in total. The molecule has 20 heavy (non-hydrogen) atoms. The van der Waals surface area contributed by atoms with Crippen LogP contribution in [0.25, 0.3) is 0 Å². The van der Waals surface area contributed by atoms with Crippen molar-refractivity contribution in [3.05, 3.63) is 30.1 Å². The number of carbonyl (C=O) groups excluding carboxylic acids is 1. The quantitative estimate of drug-likeness (QED) is 0.591. The fourth-order valence-electron chi connectivity index (χ4n) is 1.76. The highest BCUT2D eigenvalue weighted by Gasteiger charge is 2.20. The number of nitrogens with one attached hydrogen (secondary N) is 1. The molecule has 1 atom stereocenters. The SMILES string of the molecule is CCOC(=O)C(CCSc1ccccc1F)NC(C)C. The number of halogens is 1. The Kier molecular flexibility index (Phi) is 7.62. The maximum absolute atomic E-state index is 13.5. The minimum atomic E-state index is -0.339. The number of ether oxygens (including phenoxy) is 1. The molecule has 0 spiro atoms. The molecule has 0 aliphatic carbocycles. The van der Waals surface area contributed by atoms with Crippen molar-refractivity contribution in [2.24, 2.45) is 0 Å². The van der Waals surface area contributed by atoms with Crippen molar-refractivity contribution in [2.75, 3.05) is 12.4 Å². The lowest BCUT2D eigenvalue weighted by atomic mass is 10.2. The molecular weight excluding hydrogens is 277 g/mol. The van der Waals surface area contributed by atoms with Crippen LogP contribution in [0, 0.1) is 5.82 Å². The number of carbonyl (C=O) groups is 1. The summed E-state index contributed by atoms with van der Waals surface area (Å²) in [6.45, 7) is 6.13. The van der Waals surface area contributed by atoms with Gasteiger partial charge in [0, 0.05) is 16.7 Å². The van der Waals surface area contributed by atoms with Crippen LogP contribution in [0.2, 0.25) is 0 Å². The topological polar surface area (TPSA) is 38.3 Å². The lowest BCUT2D eigenvalue weighted by Crippen LogP contribution is -2.42. The Hall–Kier alpha value is -1.07. The summed E-state index contributed by atoms with van der Waals surface area (Å²) < 4.78 is 18.5. The summed E-state index contributed by atoms with van der Waals surface area (Å²) in [6, 6.07) is 6.52. The summed E-state index contributed by atoms with van der Waals surface area (Å²) in [4.78, 5) is 12.4. The van der Waals surface area contributed by atoms with E-state index in [1.165, 1.54) is 17.8 Å². The fraction of sp³-hybridized carbons (Fsp3) is 0.533. The molecule has 0 saturated heterocycles. The predicted octanol–water partition coefficient (Wildman–Crippen LogP) is 3.24. The highest BCUT2D eigenvalue weighted by atomic mass is 32.2. The van der Waals surface area contributed by atoms with Gasteiger partial charge < -0.3 is 10.1 Å². The van der Waals surface area contributed by atoms with Crippen molar-refractivity contribution in [1.82, 2.24) is 5.32 Å². The van der Waals surface area contributed by atoms with Gasteiger partial charge in [0.2, 0.25) is 0 Å². The van der Waals surface area contributed by atoms with Gasteiger partial charge in [-0.05, 0) is 25.5 Å². The van der Waals surface area contributed by atoms with Crippen LogP contribution in [0.5, 0.6) is 0 Å². The molecule has 1 aromatic rings. The van der Waals surface area contributed by atoms with Gasteiger partial charge in [-0.25, -0.2) is 4.39 Å². The number of rotatable bonds is 8. The maximum atomic E-state index is 13.5. The van der Waals surface area contributed by atoms with E-state index in [0.717, 1.165) is 0 Å². The fourth-order valence-corrected chi connectivity index (χ4v) is 2.72. The lowest BCUT2D eigenvalue weighted by molar-refractivity contribution is -0.145. The van der Waals surface area contributed by atoms with Gasteiger partial charge in [-0.2, -0.15) is 0 Å². The van der Waals surface area contributed by atoms with Crippen molar-refractivity contribution >= 4 is 17.7 Å². The van der Waals surface area contributed by atoms with Crippen LogP contribution in [0.4, 0.5) is 4.39 Å². The molecule has 1 rings (SSSR count). The Labute approximate surface area is 124 Å². The van der Waals surface area contributed by atoms with Gasteiger partial charge >= 0.3 is 5.97 Å². The van der Waals surface area contributed by atoms with E-state index in [1.54, 1.807) is 25.1 Å². The third-order valence-electron chi connectivity index (χ3n) is 2.61. The van der Waals surface area contributed by atoms with Crippen LogP contribution in [-0.2, 0) is 9.53 Å². The first kappa shape index (κ1) is 17.0. The molecule has 5 heteroatoms. The molecule has 1 aromatic carbocycles. The van der Waals surface area contributed by atoms with Gasteiger partial charge in [-0.15, -0.1) is 11.8 Å². The van der Waals surface area contributed by atoms with Crippen molar-refractivity contribution in [3.63, 3.8) is 0 Å². The number of thioether (sulfide) groups is 1. The molecule has 1 N–H and O–H groups in total. The van der Waals surface area contributed by atoms with E-state index in [0.29, 0.717) is 23.7 Å². The van der Waals surface area contributed by atoms with Gasteiger partial charge in [0.15, 0.2) is 0 Å². The smallest absolute Gasteiger partial charge is 0.323 e. The lowest BCUT2D eigenvalue weighted by Gasteiger charge is -2.19. The second-order valence-corrected chi connectivity index (χ2v) is 5.83. The largest absolute Gasteiger partial charge is 0.465 e. The zero-order valence-electron chi connectivity index (χ0n) is 12.2. The zero-order chi connectivity index (χ0) is 15.0. The Balaban J connectivity index is 2.49. The maximum Gasteiger partial charge on any atom is 0.323 e. The van der Waals surface area contributed by atoms with E-state index in [2.05, 4.69) is 5.32 Å². The molecule has 0 radical (unpaired) electrons. The normalized spacial score (nSPS) is 12.4. The van der Waals surface area contributed by atoms with Crippen LogP contribution in [-0.4, -0.2) is 30.4 Å². The Bertz CT molecular complexity index is 426. The molecular formula is C15H22FNO2S. The summed E-state index contributed by atoms with van der Waals surface area (Å²) in [5.41, 5.74) is 0. The molecule has 0 fully saturated rings. The van der Waals surface area contributed by atoms with Gasteiger partial charge in [0.05, 0.1) is 6.61 Å². The highest BCUT2D eigenvalue weighted by molar-refractivity contribution is 7.99. The highest BCUT2D eigenvalue weighted by Crippen LogP contribution is 2.22. The van der Waals surface area contributed by atoms with Crippen LogP contribution < -0.4 is 5.32 Å². The second kappa shape index (κ2) is 8.97. The van der Waals surface area contributed by atoms with Crippen molar-refractivity contribution in [2.45, 2.75) is 44.2 Å². The van der Waals surface area contributed by atoms with Gasteiger partial charge in [0.25, 0.3) is 0 Å². The van der Waals surface area contributed by atoms with E-state index >= 15 is 0 Å². The minimum absolute atomic E-state index is 0.197. The van der Waals surface area contributed by atoms with Crippen LogP contribution in [0.1, 0.15) is 27.2 Å². The number of esters is 1. The summed E-state index contributed by atoms with van der Waals surface area (Å²) in [5.74, 6) is 0.196. The van der Waals surface area contributed by atoms with Gasteiger partial charge in [-0.1, -0.05) is 26.0 Å². The van der Waals surface area contributed by atoms with Crippen molar-refractivity contribution in [3.8, 4) is 0 Å². The zero-order valence-corrected chi connectivity index (χ0v) is 13.0. The first-order valence-corrected chi connectivity index (χ1v) is 7.83. The standard InChI is InChI=1S/C15H22FNO2S/c1-4-19-15(18)13(17-11(2)3)9-10-20-14-8-6-5-7-12(14)16/h5-8,11,13,17H,4,9-10H2,1-3H3. The number of benzene rings is 1. The summed E-state index contributed by atoms with van der Waals surface area (Å²) in [6.07, 6.45) is 0.607. The molecule has 112 valence electrons. The van der Waals surface area contributed by atoms with Gasteiger partial charge in [0.1, 0.15) is 11.9 Å². The summed E-state index contributed by atoms with van der Waals surface area (Å²) in [7, 11) is 0. The molecule has 0 aromatic heterocycles. The molecule has 1 unspecified atom stereocenters. The molecule has 0 bridgehead atoms. The van der Waals surface area contributed by atoms with E-state index in [-0.39, 0.29) is 23.9 Å². The Morgan fingerprint density at radius 1 is 1.40 bits per heavy atom. The predicted molar refractivity (Wildman–Crippen MR) is 80.4 cm³/mol. The molecule has 0 heterocycles. The molecule has 0 aliphatic rings. The minimum Gasteiger partial charge on any atom is -0.465 e.